The topological polar surface area (TPSA) is 30.0 Å². The summed E-state index contributed by atoms with van der Waals surface area (Å²) in [7, 11) is 0. The number of hydrogen-bond acceptors (Lipinski definition) is 2. The summed E-state index contributed by atoms with van der Waals surface area (Å²) < 4.78 is 0. The van der Waals surface area contributed by atoms with Crippen LogP contribution >= 0.6 is 34.8 Å². The molecule has 0 saturated heterocycles. The van der Waals surface area contributed by atoms with Crippen LogP contribution in [0.3, 0.4) is 0 Å². The molecule has 0 bridgehead atoms. The van der Waals surface area contributed by atoms with Gasteiger partial charge in [0, 0.05) is 11.2 Å². The fourth-order valence-corrected chi connectivity index (χ4v) is 1.50. The first-order chi connectivity index (χ1) is 8.11. The molecule has 17 heavy (non-hydrogen) atoms. The van der Waals surface area contributed by atoms with Crippen LogP contribution in [-0.2, 0) is 0 Å². The van der Waals surface area contributed by atoms with Crippen molar-refractivity contribution >= 4 is 40.0 Å². The lowest BCUT2D eigenvalue weighted by molar-refractivity contribution is 0.108. The van der Waals surface area contributed by atoms with Gasteiger partial charge >= 0.3 is 0 Å². The highest BCUT2D eigenvalue weighted by Gasteiger charge is 2.05. The van der Waals surface area contributed by atoms with Crippen molar-refractivity contribution in [2.75, 3.05) is 0 Å². The van der Waals surface area contributed by atoms with E-state index in [1.54, 1.807) is 6.07 Å². The van der Waals surface area contributed by atoms with Gasteiger partial charge in [0.2, 0.25) is 0 Å². The molecule has 2 aromatic rings. The third kappa shape index (κ3) is 5.18. The second-order valence-corrected chi connectivity index (χ2v) is 4.05. The molecular formula is C12H8Cl3NO. The lowest BCUT2D eigenvalue weighted by Gasteiger charge is -1.92. The molecule has 0 radical (unpaired) electrons. The molecule has 0 aliphatic heterocycles. The molecule has 0 aliphatic rings. The number of carbonyl (C=O) groups is 1. The van der Waals surface area contributed by atoms with E-state index in [4.69, 9.17) is 34.8 Å². The lowest BCUT2D eigenvalue weighted by Crippen LogP contribution is -1.90. The van der Waals surface area contributed by atoms with Gasteiger partial charge in [0.05, 0.1) is 5.56 Å². The van der Waals surface area contributed by atoms with Crippen LogP contribution in [0, 0.1) is 0 Å². The Kier molecular flexibility index (Phi) is 5.98. The first-order valence-electron chi connectivity index (χ1n) is 4.62. The van der Waals surface area contributed by atoms with E-state index in [1.165, 1.54) is 12.3 Å². The standard InChI is InChI=1S/C6H3Cl2NO.C6H5Cl/c7-5-4(6(8)10)2-1-3-9-5;7-6-4-2-1-3-5-6/h1-3H;1-5H. The minimum Gasteiger partial charge on any atom is -0.275 e. The van der Waals surface area contributed by atoms with Gasteiger partial charge in [-0.25, -0.2) is 4.98 Å². The zero-order valence-electron chi connectivity index (χ0n) is 8.61. The number of nitrogens with zero attached hydrogens (tertiary/aromatic N) is 1. The predicted octanol–water partition coefficient (Wildman–Crippen LogP) is 4.45. The minimum atomic E-state index is -0.585. The number of benzene rings is 1. The van der Waals surface area contributed by atoms with Crippen LogP contribution in [0.1, 0.15) is 10.4 Å². The lowest BCUT2D eigenvalue weighted by atomic mass is 10.3. The van der Waals surface area contributed by atoms with Gasteiger partial charge in [0.25, 0.3) is 5.24 Å². The SMILES string of the molecule is Clc1ccccc1.O=C(Cl)c1cccnc1Cl. The van der Waals surface area contributed by atoms with Crippen LogP contribution in [0.15, 0.2) is 48.7 Å². The fraction of sp³-hybridized carbons (Fsp3) is 0. The number of aromatic nitrogens is 1. The summed E-state index contributed by atoms with van der Waals surface area (Å²) in [5.41, 5.74) is 0.242. The molecule has 0 spiro atoms. The maximum absolute atomic E-state index is 10.5. The van der Waals surface area contributed by atoms with Gasteiger partial charge in [0.15, 0.2) is 0 Å². The summed E-state index contributed by atoms with van der Waals surface area (Å²) in [5.74, 6) is 0. The van der Waals surface area contributed by atoms with Crippen molar-refractivity contribution in [3.8, 4) is 0 Å². The summed E-state index contributed by atoms with van der Waals surface area (Å²) in [6.45, 7) is 0. The van der Waals surface area contributed by atoms with Crippen LogP contribution < -0.4 is 0 Å². The summed E-state index contributed by atoms with van der Waals surface area (Å²) >= 11 is 16.2. The third-order valence-corrected chi connectivity index (χ3v) is 2.46. The smallest absolute Gasteiger partial charge is 0.255 e. The molecule has 1 aromatic heterocycles. The molecular weight excluding hydrogens is 280 g/mol. The maximum atomic E-state index is 10.5. The van der Waals surface area contributed by atoms with E-state index in [1.807, 2.05) is 30.3 Å². The monoisotopic (exact) mass is 287 g/mol. The van der Waals surface area contributed by atoms with Gasteiger partial charge in [-0.2, -0.15) is 0 Å². The molecule has 1 heterocycles. The summed E-state index contributed by atoms with van der Waals surface area (Å²) in [5, 5.41) is 0.350. The zero-order chi connectivity index (χ0) is 12.7. The molecule has 0 N–H and O–H groups in total. The van der Waals surface area contributed by atoms with Crippen LogP contribution in [0.4, 0.5) is 0 Å². The molecule has 2 nitrogen and oxygen atoms in total. The van der Waals surface area contributed by atoms with Crippen molar-refractivity contribution in [1.82, 2.24) is 4.98 Å². The Hall–Kier alpha value is -1.09. The summed E-state index contributed by atoms with van der Waals surface area (Å²) in [4.78, 5) is 14.2. The first kappa shape index (κ1) is 14.0. The van der Waals surface area contributed by atoms with E-state index >= 15 is 0 Å². The quantitative estimate of drug-likeness (QED) is 0.573. The Morgan fingerprint density at radius 2 is 1.65 bits per heavy atom. The molecule has 2 rings (SSSR count). The van der Waals surface area contributed by atoms with Crippen LogP contribution in [0.5, 0.6) is 0 Å². The van der Waals surface area contributed by atoms with Crippen LogP contribution in [-0.4, -0.2) is 10.2 Å². The van der Waals surface area contributed by atoms with Gasteiger partial charge in [0.1, 0.15) is 5.15 Å². The number of hydrogen-bond donors (Lipinski definition) is 0. The highest BCUT2D eigenvalue weighted by atomic mass is 35.5. The van der Waals surface area contributed by atoms with Crippen molar-refractivity contribution in [2.24, 2.45) is 0 Å². The Morgan fingerprint density at radius 3 is 2.00 bits per heavy atom. The fourth-order valence-electron chi connectivity index (χ4n) is 0.947. The van der Waals surface area contributed by atoms with E-state index in [-0.39, 0.29) is 10.7 Å². The molecule has 0 amide bonds. The van der Waals surface area contributed by atoms with E-state index in [0.717, 1.165) is 5.02 Å². The number of carbonyl (C=O) groups excluding carboxylic acids is 1. The highest BCUT2D eigenvalue weighted by Crippen LogP contribution is 2.13. The predicted molar refractivity (Wildman–Crippen MR) is 70.9 cm³/mol. The van der Waals surface area contributed by atoms with Crippen molar-refractivity contribution < 1.29 is 4.79 Å². The average molecular weight is 289 g/mol. The van der Waals surface area contributed by atoms with Gasteiger partial charge in [-0.3, -0.25) is 4.79 Å². The largest absolute Gasteiger partial charge is 0.275 e. The van der Waals surface area contributed by atoms with E-state index in [9.17, 15) is 4.79 Å². The molecule has 0 atom stereocenters. The number of halogens is 3. The molecule has 0 unspecified atom stereocenters. The highest BCUT2D eigenvalue weighted by molar-refractivity contribution is 6.68. The van der Waals surface area contributed by atoms with E-state index in [0.29, 0.717) is 0 Å². The zero-order valence-corrected chi connectivity index (χ0v) is 10.9. The van der Waals surface area contributed by atoms with Crippen molar-refractivity contribution in [3.63, 3.8) is 0 Å². The average Bonchev–Trinajstić information content (AvgIpc) is 2.31. The molecule has 0 fully saturated rings. The van der Waals surface area contributed by atoms with Crippen molar-refractivity contribution in [1.29, 1.82) is 0 Å². The summed E-state index contributed by atoms with van der Waals surface area (Å²) in [6.07, 6.45) is 1.49. The minimum absolute atomic E-state index is 0.141. The number of pyridine rings is 1. The van der Waals surface area contributed by atoms with E-state index < -0.39 is 5.24 Å². The van der Waals surface area contributed by atoms with Gasteiger partial charge < -0.3 is 0 Å². The second kappa shape index (κ2) is 7.28. The molecule has 0 saturated carbocycles. The Morgan fingerprint density at radius 1 is 1.00 bits per heavy atom. The van der Waals surface area contributed by atoms with Gasteiger partial charge in [-0.15, -0.1) is 0 Å². The second-order valence-electron chi connectivity index (χ2n) is 2.91. The Balaban J connectivity index is 0.000000181. The number of rotatable bonds is 1. The Labute approximate surface area is 114 Å². The van der Waals surface area contributed by atoms with E-state index in [2.05, 4.69) is 4.98 Å². The van der Waals surface area contributed by atoms with Crippen molar-refractivity contribution in [3.05, 3.63) is 64.4 Å². The Bertz CT molecular complexity index is 488. The van der Waals surface area contributed by atoms with Crippen LogP contribution in [0.25, 0.3) is 0 Å². The molecule has 1 aromatic carbocycles. The van der Waals surface area contributed by atoms with Crippen LogP contribution in [0.2, 0.25) is 10.2 Å². The molecule has 88 valence electrons. The van der Waals surface area contributed by atoms with Gasteiger partial charge in [-0.05, 0) is 35.9 Å². The molecule has 5 heteroatoms. The molecule has 0 aliphatic carbocycles. The maximum Gasteiger partial charge on any atom is 0.255 e. The summed E-state index contributed by atoms with van der Waals surface area (Å²) in [6, 6.07) is 12.6. The third-order valence-electron chi connectivity index (χ3n) is 1.70. The van der Waals surface area contributed by atoms with Gasteiger partial charge in [-0.1, -0.05) is 41.4 Å². The normalized spacial score (nSPS) is 9.12. The van der Waals surface area contributed by atoms with Crippen molar-refractivity contribution in [2.45, 2.75) is 0 Å². The first-order valence-corrected chi connectivity index (χ1v) is 5.75.